The second-order valence-electron chi connectivity index (χ2n) is 12.8. The number of pyridine rings is 2. The van der Waals surface area contributed by atoms with E-state index in [4.69, 9.17) is 34.9 Å². The van der Waals surface area contributed by atoms with Crippen molar-refractivity contribution in [2.75, 3.05) is 31.2 Å². The highest BCUT2D eigenvalue weighted by atomic mass is 35.5. The van der Waals surface area contributed by atoms with Crippen molar-refractivity contribution < 1.29 is 22.9 Å². The number of phosphoric ester groups is 1. The summed E-state index contributed by atoms with van der Waals surface area (Å²) < 4.78 is 40.3. The lowest BCUT2D eigenvalue weighted by atomic mass is 10.1. The standard InChI is InChI=1S/C32H40ClN4O6P/c1-31(2,3)42-44(39,43-32(4,5)6)41-22-37-21-28(27-18-26(19-34-30(27)37)35-12-14-40-15-13-35)24-10-11-36(29(38)17-24)20-23-8-7-9-25(33)16-23/h7-11,16-19,21H,12-15,20,22H2,1-6H3. The molecule has 0 radical (unpaired) electrons. The molecule has 4 heterocycles. The smallest absolute Gasteiger partial charge is 0.378 e. The van der Waals surface area contributed by atoms with Gasteiger partial charge in [-0.25, -0.2) is 9.55 Å². The van der Waals surface area contributed by atoms with Gasteiger partial charge in [-0.05, 0) is 76.9 Å². The summed E-state index contributed by atoms with van der Waals surface area (Å²) in [6.07, 6.45) is 5.45. The van der Waals surface area contributed by atoms with Crippen LogP contribution in [0.25, 0.3) is 22.2 Å². The second-order valence-corrected chi connectivity index (χ2v) is 14.8. The van der Waals surface area contributed by atoms with Crippen LogP contribution in [0.15, 0.2) is 65.8 Å². The van der Waals surface area contributed by atoms with Gasteiger partial charge in [0, 0.05) is 47.5 Å². The zero-order valence-electron chi connectivity index (χ0n) is 26.1. The molecule has 0 amide bonds. The number of hydrogen-bond donors (Lipinski definition) is 0. The average Bonchev–Trinajstić information content (AvgIpc) is 3.29. The molecule has 44 heavy (non-hydrogen) atoms. The number of nitrogens with zero attached hydrogens (tertiary/aromatic N) is 4. The van der Waals surface area contributed by atoms with E-state index in [1.165, 1.54) is 0 Å². The van der Waals surface area contributed by atoms with Gasteiger partial charge in [-0.15, -0.1) is 0 Å². The Kier molecular flexibility index (Phi) is 9.42. The molecule has 0 unspecified atom stereocenters. The lowest BCUT2D eigenvalue weighted by Crippen LogP contribution is -2.36. The van der Waals surface area contributed by atoms with Crippen LogP contribution in [0.1, 0.15) is 47.1 Å². The van der Waals surface area contributed by atoms with Crippen LogP contribution < -0.4 is 10.5 Å². The predicted octanol–water partition coefficient (Wildman–Crippen LogP) is 7.12. The van der Waals surface area contributed by atoms with Gasteiger partial charge in [0.2, 0.25) is 0 Å². The Morgan fingerprint density at radius 2 is 1.68 bits per heavy atom. The second kappa shape index (κ2) is 12.8. The molecule has 236 valence electrons. The van der Waals surface area contributed by atoms with Crippen molar-refractivity contribution in [3.63, 3.8) is 0 Å². The van der Waals surface area contributed by atoms with Gasteiger partial charge in [-0.2, -0.15) is 0 Å². The number of ether oxygens (including phenoxy) is 1. The quantitative estimate of drug-likeness (QED) is 0.178. The number of morpholine rings is 1. The summed E-state index contributed by atoms with van der Waals surface area (Å²) >= 11 is 6.15. The number of phosphoric acid groups is 1. The van der Waals surface area contributed by atoms with Gasteiger partial charge in [0.15, 0.2) is 0 Å². The fourth-order valence-corrected chi connectivity index (χ4v) is 6.96. The van der Waals surface area contributed by atoms with E-state index in [1.54, 1.807) is 69.0 Å². The number of fused-ring (bicyclic) bond motifs is 1. The van der Waals surface area contributed by atoms with Gasteiger partial charge in [-0.1, -0.05) is 23.7 Å². The highest BCUT2D eigenvalue weighted by Crippen LogP contribution is 2.55. The molecule has 5 rings (SSSR count). The normalized spacial score (nSPS) is 14.8. The van der Waals surface area contributed by atoms with Gasteiger partial charge in [-0.3, -0.25) is 18.4 Å². The third kappa shape index (κ3) is 8.18. The number of aromatic nitrogens is 3. The SMILES string of the molecule is CC(C)(C)OP(=O)(OCn1cc(-c2ccn(Cc3cccc(Cl)c3)c(=O)c2)c2cc(N3CCOCC3)cnc21)OC(C)(C)C. The Labute approximate surface area is 263 Å². The van der Waals surface area contributed by atoms with Crippen molar-refractivity contribution in [1.29, 1.82) is 0 Å². The van der Waals surface area contributed by atoms with Crippen LogP contribution in [-0.2, 0) is 36.1 Å². The van der Waals surface area contributed by atoms with E-state index in [-0.39, 0.29) is 12.3 Å². The number of rotatable bonds is 9. The topological polar surface area (TPSA) is 97.1 Å². The molecule has 10 nitrogen and oxygen atoms in total. The minimum atomic E-state index is -3.98. The first-order valence-corrected chi connectivity index (χ1v) is 16.4. The molecule has 1 saturated heterocycles. The van der Waals surface area contributed by atoms with Crippen LogP contribution in [0, 0.1) is 0 Å². The fourth-order valence-electron chi connectivity index (χ4n) is 5.00. The maximum atomic E-state index is 13.8. The summed E-state index contributed by atoms with van der Waals surface area (Å²) in [5.74, 6) is 0. The minimum absolute atomic E-state index is 0.143. The van der Waals surface area contributed by atoms with Crippen LogP contribution in [-0.4, -0.2) is 51.6 Å². The number of hydrogen-bond acceptors (Lipinski definition) is 8. The van der Waals surface area contributed by atoms with Crippen LogP contribution in [0.2, 0.25) is 5.02 Å². The molecule has 3 aromatic heterocycles. The summed E-state index contributed by atoms with van der Waals surface area (Å²) in [4.78, 5) is 20.3. The Morgan fingerprint density at radius 1 is 0.977 bits per heavy atom. The molecule has 1 aliphatic heterocycles. The third-order valence-electron chi connectivity index (χ3n) is 6.75. The molecule has 1 aliphatic rings. The van der Waals surface area contributed by atoms with Crippen LogP contribution in [0.5, 0.6) is 0 Å². The molecule has 12 heteroatoms. The molecule has 0 N–H and O–H groups in total. The Bertz CT molecular complexity index is 1710. The summed E-state index contributed by atoms with van der Waals surface area (Å²) in [5, 5.41) is 1.45. The van der Waals surface area contributed by atoms with Gasteiger partial charge in [0.25, 0.3) is 5.56 Å². The number of benzene rings is 1. The first kappa shape index (κ1) is 32.4. The van der Waals surface area contributed by atoms with Gasteiger partial charge in [0.05, 0.1) is 42.8 Å². The Hall–Kier alpha value is -2.98. The maximum absolute atomic E-state index is 13.8. The van der Waals surface area contributed by atoms with E-state index in [0.717, 1.165) is 40.9 Å². The molecular weight excluding hydrogens is 603 g/mol. The highest BCUT2D eigenvalue weighted by molar-refractivity contribution is 7.48. The summed E-state index contributed by atoms with van der Waals surface area (Å²) in [6, 6.07) is 13.0. The average molecular weight is 643 g/mol. The third-order valence-corrected chi connectivity index (χ3v) is 8.96. The Balaban J connectivity index is 1.52. The summed E-state index contributed by atoms with van der Waals surface area (Å²) in [7, 11) is -3.98. The first-order chi connectivity index (χ1) is 20.7. The van der Waals surface area contributed by atoms with E-state index in [2.05, 4.69) is 11.0 Å². The van der Waals surface area contributed by atoms with Crippen LogP contribution >= 0.6 is 19.4 Å². The van der Waals surface area contributed by atoms with Crippen molar-refractivity contribution in [1.82, 2.24) is 14.1 Å². The molecular formula is C32H40ClN4O6P. The van der Waals surface area contributed by atoms with Crippen molar-refractivity contribution in [3.8, 4) is 11.1 Å². The van der Waals surface area contributed by atoms with Gasteiger partial charge >= 0.3 is 7.82 Å². The maximum Gasteiger partial charge on any atom is 0.477 e. The van der Waals surface area contributed by atoms with E-state index in [0.29, 0.717) is 30.4 Å². The van der Waals surface area contributed by atoms with Crippen molar-refractivity contribution in [2.45, 2.75) is 66.0 Å². The van der Waals surface area contributed by atoms with Crippen LogP contribution in [0.3, 0.4) is 0 Å². The molecule has 1 fully saturated rings. The van der Waals surface area contributed by atoms with Crippen LogP contribution in [0.4, 0.5) is 5.69 Å². The minimum Gasteiger partial charge on any atom is -0.378 e. The molecule has 0 aliphatic carbocycles. The van der Waals surface area contributed by atoms with Crippen molar-refractivity contribution in [3.05, 3.63) is 82.0 Å². The molecule has 0 atom stereocenters. The summed E-state index contributed by atoms with van der Waals surface area (Å²) in [6.45, 7) is 13.8. The summed E-state index contributed by atoms with van der Waals surface area (Å²) in [5.41, 5.74) is 2.31. The largest absolute Gasteiger partial charge is 0.477 e. The molecule has 0 saturated carbocycles. The first-order valence-electron chi connectivity index (χ1n) is 14.6. The van der Waals surface area contributed by atoms with Crippen molar-refractivity contribution in [2.24, 2.45) is 0 Å². The molecule has 4 aromatic rings. The predicted molar refractivity (Wildman–Crippen MR) is 173 cm³/mol. The van der Waals surface area contributed by atoms with E-state index >= 15 is 0 Å². The van der Waals surface area contributed by atoms with E-state index in [1.807, 2.05) is 36.7 Å². The molecule has 1 aromatic carbocycles. The van der Waals surface area contributed by atoms with E-state index < -0.39 is 19.0 Å². The monoisotopic (exact) mass is 642 g/mol. The molecule has 0 spiro atoms. The number of halogens is 1. The van der Waals surface area contributed by atoms with Crippen molar-refractivity contribution >= 4 is 36.1 Å². The fraction of sp³-hybridized carbons (Fsp3) is 0.438. The Morgan fingerprint density at radius 3 is 2.32 bits per heavy atom. The van der Waals surface area contributed by atoms with Gasteiger partial charge in [0.1, 0.15) is 12.4 Å². The van der Waals surface area contributed by atoms with E-state index in [9.17, 15) is 9.36 Å². The lowest BCUT2D eigenvalue weighted by Gasteiger charge is -2.31. The zero-order valence-corrected chi connectivity index (χ0v) is 27.7. The van der Waals surface area contributed by atoms with Gasteiger partial charge < -0.3 is 18.8 Å². The zero-order chi connectivity index (χ0) is 31.7. The molecule has 0 bridgehead atoms. The number of anilines is 1. The highest BCUT2D eigenvalue weighted by Gasteiger charge is 2.37. The lowest BCUT2D eigenvalue weighted by molar-refractivity contribution is -0.00567.